The van der Waals surface area contributed by atoms with Gasteiger partial charge in [0.1, 0.15) is 17.2 Å². The van der Waals surface area contributed by atoms with E-state index in [-0.39, 0.29) is 6.61 Å². The fourth-order valence-corrected chi connectivity index (χ4v) is 2.53. The van der Waals surface area contributed by atoms with E-state index < -0.39 is 11.9 Å². The largest absolute Gasteiger partial charge is 0.495 e. The summed E-state index contributed by atoms with van der Waals surface area (Å²) in [4.78, 5) is 23.9. The smallest absolute Gasteiger partial charge is 0.337 e. The van der Waals surface area contributed by atoms with Crippen LogP contribution in [0.1, 0.15) is 15.9 Å². The topological polar surface area (TPSA) is 83.1 Å². The molecule has 0 saturated heterocycles. The maximum Gasteiger partial charge on any atom is 0.337 e. The van der Waals surface area contributed by atoms with E-state index in [0.717, 1.165) is 5.56 Å². The van der Waals surface area contributed by atoms with E-state index in [9.17, 15) is 9.59 Å². The quantitative estimate of drug-likeness (QED) is 0.725. The number of halogens is 1. The summed E-state index contributed by atoms with van der Waals surface area (Å²) in [5.74, 6) is 0.332. The summed E-state index contributed by atoms with van der Waals surface area (Å²) in [6.45, 7) is 1.54. The molecule has 0 aliphatic rings. The molecule has 0 heterocycles. The first-order valence-electron chi connectivity index (χ1n) is 7.92. The van der Waals surface area contributed by atoms with Gasteiger partial charge in [-0.15, -0.1) is 0 Å². The van der Waals surface area contributed by atoms with Crippen LogP contribution in [0.5, 0.6) is 17.2 Å². The lowest BCUT2D eigenvalue weighted by Crippen LogP contribution is -2.21. The minimum absolute atomic E-state index is 0.266. The van der Waals surface area contributed by atoms with Crippen LogP contribution < -0.4 is 19.5 Å². The summed E-state index contributed by atoms with van der Waals surface area (Å²) in [6.07, 6.45) is 0. The van der Waals surface area contributed by atoms with E-state index in [0.29, 0.717) is 33.5 Å². The van der Waals surface area contributed by atoms with E-state index in [4.69, 9.17) is 25.8 Å². The number of esters is 1. The zero-order chi connectivity index (χ0) is 20.0. The molecule has 2 rings (SSSR count). The Bertz CT molecular complexity index is 852. The Labute approximate surface area is 162 Å². The van der Waals surface area contributed by atoms with Gasteiger partial charge in [0.15, 0.2) is 6.61 Å². The zero-order valence-corrected chi connectivity index (χ0v) is 16.2. The molecule has 7 nitrogen and oxygen atoms in total. The molecule has 2 aromatic carbocycles. The number of nitrogens with one attached hydrogen (secondary N) is 1. The maximum atomic E-state index is 12.2. The molecule has 0 aromatic heterocycles. The average molecular weight is 394 g/mol. The van der Waals surface area contributed by atoms with Gasteiger partial charge in [-0.2, -0.15) is 0 Å². The van der Waals surface area contributed by atoms with Crippen LogP contribution in [-0.4, -0.2) is 39.8 Å². The van der Waals surface area contributed by atoms with Crippen molar-refractivity contribution in [3.8, 4) is 17.2 Å². The van der Waals surface area contributed by atoms with Gasteiger partial charge in [0, 0.05) is 6.07 Å². The highest BCUT2D eigenvalue weighted by Crippen LogP contribution is 2.35. The molecular weight excluding hydrogens is 374 g/mol. The van der Waals surface area contributed by atoms with Crippen molar-refractivity contribution in [1.82, 2.24) is 0 Å². The Kier molecular flexibility index (Phi) is 6.90. The third-order valence-corrected chi connectivity index (χ3v) is 4.01. The van der Waals surface area contributed by atoms with Gasteiger partial charge in [-0.05, 0) is 30.7 Å². The van der Waals surface area contributed by atoms with Gasteiger partial charge in [-0.25, -0.2) is 4.79 Å². The molecule has 1 N–H and O–H groups in total. The van der Waals surface area contributed by atoms with E-state index in [1.54, 1.807) is 25.1 Å². The van der Waals surface area contributed by atoms with Crippen LogP contribution in [0.3, 0.4) is 0 Å². The highest BCUT2D eigenvalue weighted by atomic mass is 35.5. The Balaban J connectivity index is 2.09. The van der Waals surface area contributed by atoms with Gasteiger partial charge in [0.25, 0.3) is 5.91 Å². The molecule has 1 amide bonds. The van der Waals surface area contributed by atoms with Gasteiger partial charge in [-0.3, -0.25) is 4.79 Å². The Hall–Kier alpha value is -2.93. The molecule has 0 atom stereocenters. The van der Waals surface area contributed by atoms with Crippen molar-refractivity contribution in [1.29, 1.82) is 0 Å². The minimum atomic E-state index is -0.484. The standard InChI is InChI=1S/C19H20ClNO6/c1-11-5-6-12(19(23)26-4)7-15(11)27-10-18(22)21-14-8-13(20)16(24-2)9-17(14)25-3/h5-9H,10H2,1-4H3,(H,21,22). The second-order valence-electron chi connectivity index (χ2n) is 5.50. The monoisotopic (exact) mass is 393 g/mol. The zero-order valence-electron chi connectivity index (χ0n) is 15.4. The van der Waals surface area contributed by atoms with E-state index in [1.165, 1.54) is 33.5 Å². The SMILES string of the molecule is COC(=O)c1ccc(C)c(OCC(=O)Nc2cc(Cl)c(OC)cc2OC)c1. The first kappa shape index (κ1) is 20.4. The molecule has 0 aliphatic heterocycles. The lowest BCUT2D eigenvalue weighted by molar-refractivity contribution is -0.118. The fourth-order valence-electron chi connectivity index (χ4n) is 2.29. The normalized spacial score (nSPS) is 10.1. The lowest BCUT2D eigenvalue weighted by Gasteiger charge is -2.14. The van der Waals surface area contributed by atoms with Crippen LogP contribution >= 0.6 is 11.6 Å². The molecule has 0 aliphatic carbocycles. The fraction of sp³-hybridized carbons (Fsp3) is 0.263. The second-order valence-corrected chi connectivity index (χ2v) is 5.90. The molecule has 0 saturated carbocycles. The summed E-state index contributed by atoms with van der Waals surface area (Å²) in [5.41, 5.74) is 1.50. The van der Waals surface area contributed by atoms with Crippen LogP contribution in [0.2, 0.25) is 5.02 Å². The number of carbonyl (C=O) groups excluding carboxylic acids is 2. The number of ether oxygens (including phenoxy) is 4. The highest BCUT2D eigenvalue weighted by Gasteiger charge is 2.14. The van der Waals surface area contributed by atoms with E-state index >= 15 is 0 Å². The number of methoxy groups -OCH3 is 3. The molecule has 27 heavy (non-hydrogen) atoms. The van der Waals surface area contributed by atoms with Crippen molar-refractivity contribution in [2.75, 3.05) is 33.3 Å². The summed E-state index contributed by atoms with van der Waals surface area (Å²) < 4.78 is 20.6. The molecule has 0 bridgehead atoms. The van der Waals surface area contributed by atoms with Crippen molar-refractivity contribution in [2.24, 2.45) is 0 Å². The van der Waals surface area contributed by atoms with Gasteiger partial charge in [-0.1, -0.05) is 17.7 Å². The van der Waals surface area contributed by atoms with Crippen molar-refractivity contribution in [3.63, 3.8) is 0 Å². The van der Waals surface area contributed by atoms with Gasteiger partial charge in [0.05, 0.1) is 37.6 Å². The molecule has 2 aromatic rings. The molecular formula is C19H20ClNO6. The van der Waals surface area contributed by atoms with Crippen LogP contribution in [0.25, 0.3) is 0 Å². The van der Waals surface area contributed by atoms with Crippen molar-refractivity contribution < 1.29 is 28.5 Å². The number of anilines is 1. The van der Waals surface area contributed by atoms with Crippen molar-refractivity contribution in [3.05, 3.63) is 46.5 Å². The van der Waals surface area contributed by atoms with Crippen molar-refractivity contribution in [2.45, 2.75) is 6.92 Å². The van der Waals surface area contributed by atoms with Gasteiger partial charge < -0.3 is 24.3 Å². The van der Waals surface area contributed by atoms with Crippen LogP contribution in [0.4, 0.5) is 5.69 Å². The lowest BCUT2D eigenvalue weighted by atomic mass is 10.1. The first-order chi connectivity index (χ1) is 12.9. The summed E-state index contributed by atoms with van der Waals surface area (Å²) in [5, 5.41) is 3.00. The van der Waals surface area contributed by atoms with Crippen LogP contribution in [0.15, 0.2) is 30.3 Å². The summed E-state index contributed by atoms with van der Waals surface area (Å²) in [6, 6.07) is 7.96. The molecule has 144 valence electrons. The first-order valence-corrected chi connectivity index (χ1v) is 8.30. The summed E-state index contributed by atoms with van der Waals surface area (Å²) in [7, 11) is 4.25. The summed E-state index contributed by atoms with van der Waals surface area (Å²) >= 11 is 6.09. The maximum absolute atomic E-state index is 12.2. The number of amides is 1. The average Bonchev–Trinajstić information content (AvgIpc) is 2.67. The van der Waals surface area contributed by atoms with E-state index in [2.05, 4.69) is 10.1 Å². The third kappa shape index (κ3) is 5.04. The number of carbonyl (C=O) groups is 2. The predicted octanol–water partition coefficient (Wildman–Crippen LogP) is 3.47. The number of hydrogen-bond acceptors (Lipinski definition) is 6. The highest BCUT2D eigenvalue weighted by molar-refractivity contribution is 6.32. The third-order valence-electron chi connectivity index (χ3n) is 3.72. The van der Waals surface area contributed by atoms with Crippen molar-refractivity contribution >= 4 is 29.2 Å². The number of benzene rings is 2. The molecule has 8 heteroatoms. The minimum Gasteiger partial charge on any atom is -0.495 e. The molecule has 0 radical (unpaired) electrons. The predicted molar refractivity (Wildman–Crippen MR) is 101 cm³/mol. The van der Waals surface area contributed by atoms with Gasteiger partial charge >= 0.3 is 5.97 Å². The second kappa shape index (κ2) is 9.14. The van der Waals surface area contributed by atoms with Gasteiger partial charge in [0.2, 0.25) is 0 Å². The molecule has 0 fully saturated rings. The Morgan fingerprint density at radius 1 is 1.00 bits per heavy atom. The molecule has 0 spiro atoms. The Morgan fingerprint density at radius 2 is 1.70 bits per heavy atom. The Morgan fingerprint density at radius 3 is 2.33 bits per heavy atom. The van der Waals surface area contributed by atoms with Crippen LogP contribution in [0, 0.1) is 6.92 Å². The van der Waals surface area contributed by atoms with E-state index in [1.807, 2.05) is 0 Å². The number of hydrogen-bond donors (Lipinski definition) is 1. The van der Waals surface area contributed by atoms with Crippen LogP contribution in [-0.2, 0) is 9.53 Å². The number of aryl methyl sites for hydroxylation is 1. The number of rotatable bonds is 7. The molecule has 0 unspecified atom stereocenters.